The van der Waals surface area contributed by atoms with Gasteiger partial charge in [-0.3, -0.25) is 4.79 Å². The minimum atomic E-state index is -0.285. The van der Waals surface area contributed by atoms with Crippen molar-refractivity contribution in [2.24, 2.45) is 5.92 Å². The second-order valence-corrected chi connectivity index (χ2v) is 7.22. The smallest absolute Gasteiger partial charge is 0.226 e. The Kier molecular flexibility index (Phi) is 5.58. The Bertz CT molecular complexity index is 687. The molecule has 0 spiro atoms. The number of aromatic nitrogens is 1. The molecule has 128 valence electrons. The van der Waals surface area contributed by atoms with Crippen LogP contribution < -0.4 is 5.32 Å². The largest absolute Gasteiger partial charge is 0.393 e. The van der Waals surface area contributed by atoms with Gasteiger partial charge in [0.25, 0.3) is 0 Å². The number of thiazole rings is 1. The molecule has 4 nitrogen and oxygen atoms in total. The zero-order chi connectivity index (χ0) is 16.9. The summed E-state index contributed by atoms with van der Waals surface area (Å²) in [5, 5.41) is 15.5. The van der Waals surface area contributed by atoms with Gasteiger partial charge in [-0.15, -0.1) is 11.3 Å². The Morgan fingerprint density at radius 1 is 1.33 bits per heavy atom. The summed E-state index contributed by atoms with van der Waals surface area (Å²) in [7, 11) is 0. The number of amides is 1. The first-order valence-electron chi connectivity index (χ1n) is 8.22. The highest BCUT2D eigenvalue weighted by Gasteiger charge is 2.25. The van der Waals surface area contributed by atoms with Crippen molar-refractivity contribution >= 4 is 17.2 Å². The maximum Gasteiger partial charge on any atom is 0.226 e. The lowest BCUT2D eigenvalue weighted by Gasteiger charge is -2.14. The molecule has 0 saturated heterocycles. The van der Waals surface area contributed by atoms with Crippen molar-refractivity contribution in [1.82, 2.24) is 10.3 Å². The molecule has 2 unspecified atom stereocenters. The van der Waals surface area contributed by atoms with Crippen molar-refractivity contribution in [3.8, 4) is 0 Å². The zero-order valence-electron chi connectivity index (χ0n) is 13.4. The van der Waals surface area contributed by atoms with E-state index in [0.717, 1.165) is 35.5 Å². The fourth-order valence-electron chi connectivity index (χ4n) is 3.02. The molecule has 1 heterocycles. The fraction of sp³-hybridized carbons (Fsp3) is 0.444. The van der Waals surface area contributed by atoms with Crippen molar-refractivity contribution in [3.05, 3.63) is 51.7 Å². The number of aliphatic hydroxyl groups is 1. The molecule has 1 aromatic heterocycles. The van der Waals surface area contributed by atoms with Crippen LogP contribution in [0, 0.1) is 11.7 Å². The van der Waals surface area contributed by atoms with Crippen LogP contribution in [0.15, 0.2) is 29.6 Å². The average molecular weight is 348 g/mol. The summed E-state index contributed by atoms with van der Waals surface area (Å²) in [5.74, 6) is -0.131. The van der Waals surface area contributed by atoms with Gasteiger partial charge in [0.05, 0.1) is 23.2 Å². The van der Waals surface area contributed by atoms with Crippen molar-refractivity contribution in [3.63, 3.8) is 0 Å². The van der Waals surface area contributed by atoms with Crippen LogP contribution in [0.5, 0.6) is 0 Å². The van der Waals surface area contributed by atoms with Crippen molar-refractivity contribution in [1.29, 1.82) is 0 Å². The van der Waals surface area contributed by atoms with E-state index in [1.165, 1.54) is 23.5 Å². The lowest BCUT2D eigenvalue weighted by atomic mass is 10.1. The molecule has 1 aliphatic rings. The number of hydrogen-bond donors (Lipinski definition) is 2. The van der Waals surface area contributed by atoms with E-state index in [1.807, 2.05) is 5.38 Å². The maximum atomic E-state index is 12.9. The minimum Gasteiger partial charge on any atom is -0.393 e. The van der Waals surface area contributed by atoms with Crippen molar-refractivity contribution in [2.75, 3.05) is 6.54 Å². The average Bonchev–Trinajstić information content (AvgIpc) is 3.17. The van der Waals surface area contributed by atoms with Crippen molar-refractivity contribution < 1.29 is 14.3 Å². The quantitative estimate of drug-likeness (QED) is 0.844. The monoisotopic (exact) mass is 348 g/mol. The molecular weight excluding hydrogens is 327 g/mol. The summed E-state index contributed by atoms with van der Waals surface area (Å²) < 4.78 is 12.9. The summed E-state index contributed by atoms with van der Waals surface area (Å²) in [6.07, 6.45) is 3.44. The standard InChI is InChI=1S/C18H21FN2O2S/c19-14-6-4-12(5-7-14)8-18-21-15(11-24-18)9-17(23)20-10-13-2-1-3-16(13)22/h4-7,11,13,16,22H,1-3,8-10H2,(H,20,23). The molecule has 3 rings (SSSR count). The Morgan fingerprint density at radius 2 is 2.12 bits per heavy atom. The highest BCUT2D eigenvalue weighted by atomic mass is 32.1. The van der Waals surface area contributed by atoms with Gasteiger partial charge >= 0.3 is 0 Å². The number of nitrogens with zero attached hydrogens (tertiary/aromatic N) is 1. The number of nitrogens with one attached hydrogen (secondary N) is 1. The number of halogens is 1. The highest BCUT2D eigenvalue weighted by molar-refractivity contribution is 7.09. The third-order valence-corrected chi connectivity index (χ3v) is 5.29. The van der Waals surface area contributed by atoms with Crippen LogP contribution in [0.3, 0.4) is 0 Å². The molecule has 0 bridgehead atoms. The molecule has 2 atom stereocenters. The Balaban J connectivity index is 1.48. The summed E-state index contributed by atoms with van der Waals surface area (Å²) >= 11 is 1.51. The Morgan fingerprint density at radius 3 is 2.83 bits per heavy atom. The Labute approximate surface area is 144 Å². The SMILES string of the molecule is O=C(Cc1csc(Cc2ccc(F)cc2)n1)NCC1CCCC1O. The first-order chi connectivity index (χ1) is 11.6. The lowest BCUT2D eigenvalue weighted by Crippen LogP contribution is -2.33. The van der Waals surface area contributed by atoms with Crippen molar-refractivity contribution in [2.45, 2.75) is 38.2 Å². The fourth-order valence-corrected chi connectivity index (χ4v) is 3.84. The van der Waals surface area contributed by atoms with Crippen LogP contribution in [0.25, 0.3) is 0 Å². The predicted molar refractivity (Wildman–Crippen MR) is 91.4 cm³/mol. The van der Waals surface area contributed by atoms with Crippen LogP contribution in [0.1, 0.15) is 35.5 Å². The molecular formula is C18H21FN2O2S. The minimum absolute atomic E-state index is 0.0623. The highest BCUT2D eigenvalue weighted by Crippen LogP contribution is 2.24. The number of hydrogen-bond acceptors (Lipinski definition) is 4. The molecule has 0 aliphatic heterocycles. The van der Waals surface area contributed by atoms with Gasteiger partial charge in [-0.05, 0) is 30.5 Å². The lowest BCUT2D eigenvalue weighted by molar-refractivity contribution is -0.120. The van der Waals surface area contributed by atoms with Gasteiger partial charge in [0.15, 0.2) is 0 Å². The van der Waals surface area contributed by atoms with E-state index in [9.17, 15) is 14.3 Å². The number of rotatable bonds is 6. The predicted octanol–water partition coefficient (Wildman–Crippen LogP) is 2.69. The second kappa shape index (κ2) is 7.85. The van der Waals surface area contributed by atoms with E-state index in [1.54, 1.807) is 12.1 Å². The zero-order valence-corrected chi connectivity index (χ0v) is 14.2. The van der Waals surface area contributed by atoms with Gasteiger partial charge in [0.1, 0.15) is 5.82 Å². The van der Waals surface area contributed by atoms with E-state index in [0.29, 0.717) is 13.0 Å². The molecule has 1 aromatic carbocycles. The molecule has 0 radical (unpaired) electrons. The first kappa shape index (κ1) is 17.0. The second-order valence-electron chi connectivity index (χ2n) is 6.28. The van der Waals surface area contributed by atoms with Gasteiger partial charge < -0.3 is 10.4 Å². The molecule has 1 fully saturated rings. The number of carbonyl (C=O) groups excluding carboxylic acids is 1. The normalized spacial score (nSPS) is 20.2. The van der Waals surface area contributed by atoms with E-state index >= 15 is 0 Å². The number of benzene rings is 1. The topological polar surface area (TPSA) is 62.2 Å². The summed E-state index contributed by atoms with van der Waals surface area (Å²) in [4.78, 5) is 16.5. The van der Waals surface area contributed by atoms with E-state index in [-0.39, 0.29) is 30.2 Å². The van der Waals surface area contributed by atoms with Gasteiger partial charge in [-0.1, -0.05) is 18.6 Å². The maximum absolute atomic E-state index is 12.9. The third-order valence-electron chi connectivity index (χ3n) is 4.39. The van der Waals surface area contributed by atoms with E-state index in [4.69, 9.17) is 0 Å². The number of aliphatic hydroxyl groups excluding tert-OH is 1. The van der Waals surface area contributed by atoms with Crippen LogP contribution >= 0.6 is 11.3 Å². The van der Waals surface area contributed by atoms with Gasteiger partial charge in [-0.25, -0.2) is 9.37 Å². The molecule has 1 amide bonds. The van der Waals surface area contributed by atoms with Crippen LogP contribution in [-0.4, -0.2) is 28.6 Å². The van der Waals surface area contributed by atoms with Crippen LogP contribution in [0.4, 0.5) is 4.39 Å². The Hall–Kier alpha value is -1.79. The summed E-state index contributed by atoms with van der Waals surface area (Å²) in [6, 6.07) is 6.37. The van der Waals surface area contributed by atoms with E-state index < -0.39 is 0 Å². The molecule has 1 saturated carbocycles. The molecule has 2 N–H and O–H groups in total. The molecule has 24 heavy (non-hydrogen) atoms. The summed E-state index contributed by atoms with van der Waals surface area (Å²) in [5.41, 5.74) is 1.75. The van der Waals surface area contributed by atoms with Gasteiger partial charge in [0, 0.05) is 24.3 Å². The first-order valence-corrected chi connectivity index (χ1v) is 9.10. The molecule has 1 aliphatic carbocycles. The van der Waals surface area contributed by atoms with Crippen LogP contribution in [0.2, 0.25) is 0 Å². The molecule has 6 heteroatoms. The van der Waals surface area contributed by atoms with Crippen LogP contribution in [-0.2, 0) is 17.6 Å². The number of carbonyl (C=O) groups is 1. The van der Waals surface area contributed by atoms with Gasteiger partial charge in [-0.2, -0.15) is 0 Å². The molecule has 2 aromatic rings. The summed E-state index contributed by atoms with van der Waals surface area (Å²) in [6.45, 7) is 0.534. The van der Waals surface area contributed by atoms with Gasteiger partial charge in [0.2, 0.25) is 5.91 Å². The van der Waals surface area contributed by atoms with E-state index in [2.05, 4.69) is 10.3 Å². The third kappa shape index (κ3) is 4.61.